The highest BCUT2D eigenvalue weighted by Crippen LogP contribution is 2.24. The van der Waals surface area contributed by atoms with Crippen LogP contribution < -0.4 is 0 Å². The molecule has 2 saturated heterocycles. The van der Waals surface area contributed by atoms with Gasteiger partial charge in [0.1, 0.15) is 0 Å². The van der Waals surface area contributed by atoms with E-state index < -0.39 is 5.97 Å². The number of likely N-dealkylation sites (N-methyl/N-ethyl adjacent to an activating group) is 1. The lowest BCUT2D eigenvalue weighted by molar-refractivity contribution is -0.139. The Balaban J connectivity index is 1.43. The third kappa shape index (κ3) is 5.47. The quantitative estimate of drug-likeness (QED) is 0.815. The Bertz CT molecular complexity index is 636. The van der Waals surface area contributed by atoms with Gasteiger partial charge in [-0.15, -0.1) is 0 Å². The minimum Gasteiger partial charge on any atom is -0.480 e. The van der Waals surface area contributed by atoms with Crippen LogP contribution in [0.15, 0.2) is 30.3 Å². The maximum Gasteiger partial charge on any atom is 0.319 e. The lowest BCUT2D eigenvalue weighted by Crippen LogP contribution is -2.52. The van der Waals surface area contributed by atoms with Gasteiger partial charge in [0.2, 0.25) is 0 Å². The zero-order chi connectivity index (χ0) is 19.9. The summed E-state index contributed by atoms with van der Waals surface area (Å²) in [5.74, 6) is -0.120. The van der Waals surface area contributed by atoms with Crippen molar-refractivity contribution in [3.05, 3.63) is 35.9 Å². The van der Waals surface area contributed by atoms with E-state index >= 15 is 0 Å². The topological polar surface area (TPSA) is 64.1 Å². The Morgan fingerprint density at radius 3 is 2.11 bits per heavy atom. The molecule has 0 atom stereocenters. The number of carboxylic acid groups (broad SMARTS) is 1. The van der Waals surface area contributed by atoms with Gasteiger partial charge in [0, 0.05) is 32.2 Å². The Morgan fingerprint density at radius 1 is 1.00 bits per heavy atom. The van der Waals surface area contributed by atoms with Gasteiger partial charge in [-0.1, -0.05) is 37.3 Å². The standard InChI is InChI=1S/C22H33N3O3/c1-2-23(17-21(26)27)20-10-14-25(15-11-20)22(28)24-12-8-19(9-13-24)16-18-6-4-3-5-7-18/h3-7,19-20H,2,8-17H2,1H3,(H,26,27). The van der Waals surface area contributed by atoms with Gasteiger partial charge in [0.25, 0.3) is 0 Å². The monoisotopic (exact) mass is 387 g/mol. The molecule has 6 heteroatoms. The molecule has 2 aliphatic rings. The van der Waals surface area contributed by atoms with Crippen LogP contribution in [-0.4, -0.2) is 77.1 Å². The number of amides is 2. The Hall–Kier alpha value is -2.08. The first-order chi connectivity index (χ1) is 13.6. The zero-order valence-electron chi connectivity index (χ0n) is 16.9. The molecule has 1 aromatic rings. The number of rotatable bonds is 6. The average molecular weight is 388 g/mol. The van der Waals surface area contributed by atoms with E-state index in [1.54, 1.807) is 0 Å². The highest BCUT2D eigenvalue weighted by molar-refractivity contribution is 5.74. The van der Waals surface area contributed by atoms with Crippen LogP contribution in [0.3, 0.4) is 0 Å². The van der Waals surface area contributed by atoms with Crippen LogP contribution in [0.2, 0.25) is 0 Å². The molecule has 28 heavy (non-hydrogen) atoms. The molecule has 3 rings (SSSR count). The first kappa shape index (κ1) is 20.6. The number of hydrogen-bond acceptors (Lipinski definition) is 3. The molecule has 0 radical (unpaired) electrons. The summed E-state index contributed by atoms with van der Waals surface area (Å²) in [6.45, 7) is 5.96. The van der Waals surface area contributed by atoms with Crippen LogP contribution in [0.25, 0.3) is 0 Å². The predicted octanol–water partition coefficient (Wildman–Crippen LogP) is 2.93. The molecule has 1 N–H and O–H groups in total. The Kier molecular flexibility index (Phi) is 7.31. The van der Waals surface area contributed by atoms with Gasteiger partial charge in [0.15, 0.2) is 0 Å². The Labute approximate surface area is 168 Å². The molecule has 0 spiro atoms. The summed E-state index contributed by atoms with van der Waals surface area (Å²) in [5.41, 5.74) is 1.39. The SMILES string of the molecule is CCN(CC(=O)O)C1CCN(C(=O)N2CCC(Cc3ccccc3)CC2)CC1. The second kappa shape index (κ2) is 9.92. The number of piperidine rings is 2. The lowest BCUT2D eigenvalue weighted by atomic mass is 9.90. The highest BCUT2D eigenvalue weighted by atomic mass is 16.4. The molecule has 0 aromatic heterocycles. The number of urea groups is 1. The maximum absolute atomic E-state index is 12.9. The summed E-state index contributed by atoms with van der Waals surface area (Å²) in [6.07, 6.45) is 4.96. The molecule has 6 nitrogen and oxygen atoms in total. The smallest absolute Gasteiger partial charge is 0.319 e. The minimum atomic E-state index is -0.779. The molecular formula is C22H33N3O3. The number of hydrogen-bond donors (Lipinski definition) is 1. The van der Waals surface area contributed by atoms with E-state index in [1.165, 1.54) is 5.56 Å². The van der Waals surface area contributed by atoms with Gasteiger partial charge in [0.05, 0.1) is 6.54 Å². The van der Waals surface area contributed by atoms with E-state index in [0.29, 0.717) is 5.92 Å². The number of nitrogens with zero attached hydrogens (tertiary/aromatic N) is 3. The third-order valence-electron chi connectivity index (χ3n) is 6.25. The summed E-state index contributed by atoms with van der Waals surface area (Å²) < 4.78 is 0. The van der Waals surface area contributed by atoms with Crippen molar-refractivity contribution in [3.63, 3.8) is 0 Å². The van der Waals surface area contributed by atoms with E-state index in [1.807, 2.05) is 21.6 Å². The second-order valence-electron chi connectivity index (χ2n) is 8.08. The summed E-state index contributed by atoms with van der Waals surface area (Å²) >= 11 is 0. The molecule has 2 fully saturated rings. The summed E-state index contributed by atoms with van der Waals surface area (Å²) in [7, 11) is 0. The minimum absolute atomic E-state index is 0.0873. The van der Waals surface area contributed by atoms with Gasteiger partial charge in [-0.3, -0.25) is 9.69 Å². The van der Waals surface area contributed by atoms with Gasteiger partial charge in [-0.2, -0.15) is 0 Å². The fraction of sp³-hybridized carbons (Fsp3) is 0.636. The van der Waals surface area contributed by atoms with Crippen molar-refractivity contribution in [2.75, 3.05) is 39.3 Å². The van der Waals surface area contributed by atoms with Crippen LogP contribution in [0, 0.1) is 5.92 Å². The van der Waals surface area contributed by atoms with Gasteiger partial charge < -0.3 is 14.9 Å². The number of likely N-dealkylation sites (tertiary alicyclic amines) is 2. The average Bonchev–Trinajstić information content (AvgIpc) is 2.73. The van der Waals surface area contributed by atoms with Crippen molar-refractivity contribution in [1.82, 2.24) is 14.7 Å². The third-order valence-corrected chi connectivity index (χ3v) is 6.25. The van der Waals surface area contributed by atoms with Gasteiger partial charge in [-0.25, -0.2) is 4.79 Å². The predicted molar refractivity (Wildman–Crippen MR) is 109 cm³/mol. The first-order valence-corrected chi connectivity index (χ1v) is 10.6. The van der Waals surface area contributed by atoms with E-state index in [0.717, 1.165) is 64.8 Å². The van der Waals surface area contributed by atoms with E-state index in [2.05, 4.69) is 30.3 Å². The van der Waals surface area contributed by atoms with Crippen LogP contribution in [0.5, 0.6) is 0 Å². The normalized spacial score (nSPS) is 19.2. The largest absolute Gasteiger partial charge is 0.480 e. The molecule has 0 saturated carbocycles. The number of carboxylic acids is 1. The molecule has 154 valence electrons. The fourth-order valence-electron chi connectivity index (χ4n) is 4.57. The fourth-order valence-corrected chi connectivity index (χ4v) is 4.57. The van der Waals surface area contributed by atoms with Crippen molar-refractivity contribution in [2.24, 2.45) is 5.92 Å². The maximum atomic E-state index is 12.9. The summed E-state index contributed by atoms with van der Waals surface area (Å²) in [6, 6.07) is 11.0. The van der Waals surface area contributed by atoms with Crippen LogP contribution in [-0.2, 0) is 11.2 Å². The van der Waals surface area contributed by atoms with Crippen molar-refractivity contribution in [3.8, 4) is 0 Å². The van der Waals surface area contributed by atoms with Crippen LogP contribution >= 0.6 is 0 Å². The molecule has 2 amide bonds. The lowest BCUT2D eigenvalue weighted by Gasteiger charge is -2.41. The first-order valence-electron chi connectivity index (χ1n) is 10.6. The molecular weight excluding hydrogens is 354 g/mol. The molecule has 0 aliphatic carbocycles. The van der Waals surface area contributed by atoms with E-state index in [4.69, 9.17) is 5.11 Å². The number of benzene rings is 1. The molecule has 2 aliphatic heterocycles. The van der Waals surface area contributed by atoms with Crippen LogP contribution in [0.1, 0.15) is 38.2 Å². The Morgan fingerprint density at radius 2 is 1.57 bits per heavy atom. The van der Waals surface area contributed by atoms with Crippen molar-refractivity contribution >= 4 is 12.0 Å². The number of carbonyl (C=O) groups is 2. The second-order valence-corrected chi connectivity index (χ2v) is 8.08. The van der Waals surface area contributed by atoms with Crippen molar-refractivity contribution < 1.29 is 14.7 Å². The van der Waals surface area contributed by atoms with Gasteiger partial charge in [-0.05, 0) is 50.1 Å². The van der Waals surface area contributed by atoms with Crippen molar-refractivity contribution in [2.45, 2.75) is 45.1 Å². The van der Waals surface area contributed by atoms with E-state index in [-0.39, 0.29) is 18.6 Å². The van der Waals surface area contributed by atoms with Crippen LogP contribution in [0.4, 0.5) is 4.79 Å². The molecule has 0 bridgehead atoms. The van der Waals surface area contributed by atoms with E-state index in [9.17, 15) is 9.59 Å². The van der Waals surface area contributed by atoms with Crippen molar-refractivity contribution in [1.29, 1.82) is 0 Å². The number of aliphatic carboxylic acids is 1. The molecule has 2 heterocycles. The summed E-state index contributed by atoms with van der Waals surface area (Å²) in [5, 5.41) is 9.06. The molecule has 0 unspecified atom stereocenters. The number of carbonyl (C=O) groups excluding carboxylic acids is 1. The highest BCUT2D eigenvalue weighted by Gasteiger charge is 2.31. The molecule has 1 aromatic carbocycles. The summed E-state index contributed by atoms with van der Waals surface area (Å²) in [4.78, 5) is 29.9. The zero-order valence-corrected chi connectivity index (χ0v) is 16.9. The van der Waals surface area contributed by atoms with Gasteiger partial charge >= 0.3 is 12.0 Å².